The first-order chi connectivity index (χ1) is 18.9. The number of aliphatic hydroxyl groups excluding tert-OH is 1. The average Bonchev–Trinajstić information content (AvgIpc) is 3.15. The van der Waals surface area contributed by atoms with E-state index in [1.165, 1.54) is 6.92 Å². The molecule has 0 bridgehead atoms. The van der Waals surface area contributed by atoms with Crippen LogP contribution < -0.4 is 27.8 Å². The van der Waals surface area contributed by atoms with Gasteiger partial charge in [0, 0.05) is 19.4 Å². The number of nitrogens with one attached hydrogen (secondary N) is 2. The number of primary amides is 1. The SMILES string of the molecule is CCCCCCCC(=O)NC(CC(N)=O)C(=O)NCCCC(=O)OC1C(C)OC(n2cc(F)c(N)nc2=O)C1O. The van der Waals surface area contributed by atoms with Gasteiger partial charge in [0.2, 0.25) is 17.7 Å². The van der Waals surface area contributed by atoms with Crippen molar-refractivity contribution in [2.45, 2.75) is 102 Å². The minimum Gasteiger partial charge on any atom is -0.457 e. The number of carbonyl (C=O) groups is 4. The number of hydrogen-bond donors (Lipinski definition) is 5. The summed E-state index contributed by atoms with van der Waals surface area (Å²) in [6, 6.07) is -1.13. The van der Waals surface area contributed by atoms with E-state index in [0.717, 1.165) is 36.4 Å². The first-order valence-corrected chi connectivity index (χ1v) is 13.4. The Kier molecular flexibility index (Phi) is 12.9. The van der Waals surface area contributed by atoms with Crippen LogP contribution in [0.5, 0.6) is 0 Å². The van der Waals surface area contributed by atoms with E-state index in [1.807, 2.05) is 0 Å². The Morgan fingerprint density at radius 1 is 1.20 bits per heavy atom. The number of halogens is 1. The lowest BCUT2D eigenvalue weighted by Gasteiger charge is -2.20. The number of aliphatic hydroxyl groups is 1. The molecule has 1 saturated heterocycles. The van der Waals surface area contributed by atoms with Crippen molar-refractivity contribution in [3.8, 4) is 0 Å². The highest BCUT2D eigenvalue weighted by Gasteiger charge is 2.45. The van der Waals surface area contributed by atoms with Crippen molar-refractivity contribution in [3.63, 3.8) is 0 Å². The minimum absolute atomic E-state index is 0.0315. The second-order valence-electron chi connectivity index (χ2n) is 9.69. The molecular weight excluding hydrogens is 531 g/mol. The zero-order valence-corrected chi connectivity index (χ0v) is 22.8. The topological polar surface area (TPSA) is 218 Å². The molecule has 224 valence electrons. The molecule has 2 rings (SSSR count). The molecule has 3 amide bonds. The third kappa shape index (κ3) is 9.86. The second-order valence-corrected chi connectivity index (χ2v) is 9.69. The van der Waals surface area contributed by atoms with Gasteiger partial charge in [0.05, 0.1) is 18.7 Å². The van der Waals surface area contributed by atoms with Crippen LogP contribution in [0.15, 0.2) is 11.0 Å². The fourth-order valence-electron chi connectivity index (χ4n) is 4.20. The molecule has 7 N–H and O–H groups in total. The van der Waals surface area contributed by atoms with Crippen LogP contribution in [0.1, 0.15) is 77.9 Å². The van der Waals surface area contributed by atoms with E-state index < -0.39 is 65.7 Å². The van der Waals surface area contributed by atoms with E-state index >= 15 is 0 Å². The molecule has 1 aromatic rings. The lowest BCUT2D eigenvalue weighted by molar-refractivity contribution is -0.155. The Bertz CT molecular complexity index is 1100. The summed E-state index contributed by atoms with van der Waals surface area (Å²) >= 11 is 0. The van der Waals surface area contributed by atoms with E-state index in [2.05, 4.69) is 22.5 Å². The molecule has 5 unspecified atom stereocenters. The molecule has 0 saturated carbocycles. The van der Waals surface area contributed by atoms with Crippen LogP contribution >= 0.6 is 0 Å². The molecule has 1 fully saturated rings. The molecule has 15 heteroatoms. The number of nitrogens with zero attached hydrogens (tertiary/aromatic N) is 2. The predicted molar refractivity (Wildman–Crippen MR) is 140 cm³/mol. The number of carbonyl (C=O) groups excluding carboxylic acids is 4. The van der Waals surface area contributed by atoms with Crippen LogP contribution in [0.3, 0.4) is 0 Å². The highest BCUT2D eigenvalue weighted by molar-refractivity contribution is 5.91. The van der Waals surface area contributed by atoms with Crippen molar-refractivity contribution >= 4 is 29.5 Å². The maximum atomic E-state index is 13.8. The molecule has 2 heterocycles. The minimum atomic E-state index is -1.49. The first-order valence-electron chi connectivity index (χ1n) is 13.4. The van der Waals surface area contributed by atoms with Gasteiger partial charge in [-0.15, -0.1) is 0 Å². The number of aromatic nitrogens is 2. The number of ether oxygens (including phenoxy) is 2. The van der Waals surface area contributed by atoms with Gasteiger partial charge in [0.1, 0.15) is 12.1 Å². The van der Waals surface area contributed by atoms with Crippen LogP contribution in [0.4, 0.5) is 10.2 Å². The number of nitrogens with two attached hydrogens (primary N) is 2. The standard InChI is InChI=1S/C25H39FN6O8/c1-3-4-5-6-7-9-18(34)30-16(12-17(27)33)23(37)29-11-8-10-19(35)40-21-14(2)39-24(20(21)36)32-13-15(26)22(28)31-25(32)38/h13-14,16,20-21,24,36H,3-12H2,1-2H3,(H2,27,33)(H,29,37)(H,30,34)(H2,28,31,38). The van der Waals surface area contributed by atoms with Gasteiger partial charge in [0.25, 0.3) is 0 Å². The van der Waals surface area contributed by atoms with Crippen LogP contribution in [0.25, 0.3) is 0 Å². The molecular formula is C25H39FN6O8. The van der Waals surface area contributed by atoms with Crippen LogP contribution in [0, 0.1) is 5.82 Å². The van der Waals surface area contributed by atoms with E-state index in [4.69, 9.17) is 20.9 Å². The van der Waals surface area contributed by atoms with Gasteiger partial charge in [-0.2, -0.15) is 4.98 Å². The Morgan fingerprint density at radius 3 is 2.58 bits per heavy atom. The Balaban J connectivity index is 1.80. The zero-order valence-electron chi connectivity index (χ0n) is 22.8. The zero-order chi connectivity index (χ0) is 29.8. The summed E-state index contributed by atoms with van der Waals surface area (Å²) in [5, 5.41) is 15.7. The maximum absolute atomic E-state index is 13.8. The summed E-state index contributed by atoms with van der Waals surface area (Å²) in [6.07, 6.45) is 0.512. The van der Waals surface area contributed by atoms with Crippen molar-refractivity contribution in [1.82, 2.24) is 20.2 Å². The van der Waals surface area contributed by atoms with Crippen molar-refractivity contribution in [3.05, 3.63) is 22.5 Å². The molecule has 1 aliphatic heterocycles. The molecule has 0 aliphatic carbocycles. The van der Waals surface area contributed by atoms with Gasteiger partial charge in [-0.3, -0.25) is 23.7 Å². The number of anilines is 1. The smallest absolute Gasteiger partial charge is 0.351 e. The van der Waals surface area contributed by atoms with Gasteiger partial charge in [-0.25, -0.2) is 9.18 Å². The van der Waals surface area contributed by atoms with Gasteiger partial charge in [-0.1, -0.05) is 32.6 Å². The van der Waals surface area contributed by atoms with Gasteiger partial charge in [0.15, 0.2) is 24.0 Å². The number of hydrogen-bond acceptors (Lipinski definition) is 10. The van der Waals surface area contributed by atoms with Crippen LogP contribution in [-0.4, -0.2) is 69.2 Å². The average molecular weight is 571 g/mol. The molecule has 5 atom stereocenters. The molecule has 0 spiro atoms. The predicted octanol–water partition coefficient (Wildman–Crippen LogP) is -0.228. The molecule has 40 heavy (non-hydrogen) atoms. The lowest BCUT2D eigenvalue weighted by Crippen LogP contribution is -2.48. The summed E-state index contributed by atoms with van der Waals surface area (Å²) in [7, 11) is 0. The summed E-state index contributed by atoms with van der Waals surface area (Å²) in [4.78, 5) is 63.8. The van der Waals surface area contributed by atoms with Crippen LogP contribution in [-0.2, 0) is 28.7 Å². The third-order valence-corrected chi connectivity index (χ3v) is 6.34. The van der Waals surface area contributed by atoms with E-state index in [-0.39, 0.29) is 38.1 Å². The highest BCUT2D eigenvalue weighted by atomic mass is 19.1. The number of esters is 1. The fourth-order valence-corrected chi connectivity index (χ4v) is 4.20. The second kappa shape index (κ2) is 15.9. The number of amides is 3. The summed E-state index contributed by atoms with van der Waals surface area (Å²) in [6.45, 7) is 3.62. The lowest BCUT2D eigenvalue weighted by atomic mass is 10.1. The highest BCUT2D eigenvalue weighted by Crippen LogP contribution is 2.30. The summed E-state index contributed by atoms with van der Waals surface area (Å²) in [5.74, 6) is -4.02. The van der Waals surface area contributed by atoms with Crippen LogP contribution in [0.2, 0.25) is 0 Å². The third-order valence-electron chi connectivity index (χ3n) is 6.34. The van der Waals surface area contributed by atoms with E-state index in [1.54, 1.807) is 0 Å². The van der Waals surface area contributed by atoms with Gasteiger partial charge >= 0.3 is 11.7 Å². The number of unbranched alkanes of at least 4 members (excludes halogenated alkanes) is 4. The van der Waals surface area contributed by atoms with Crippen molar-refractivity contribution in [2.24, 2.45) is 5.73 Å². The van der Waals surface area contributed by atoms with Gasteiger partial charge in [-0.05, 0) is 19.8 Å². The monoisotopic (exact) mass is 570 g/mol. The fraction of sp³-hybridized carbons (Fsp3) is 0.680. The normalized spacial score (nSPS) is 21.0. The molecule has 1 aliphatic rings. The van der Waals surface area contributed by atoms with Gasteiger partial charge < -0.3 is 36.7 Å². The first kappa shape index (κ1) is 32.6. The van der Waals surface area contributed by atoms with E-state index in [9.17, 15) is 33.5 Å². The summed E-state index contributed by atoms with van der Waals surface area (Å²) < 4.78 is 25.3. The van der Waals surface area contributed by atoms with E-state index in [0.29, 0.717) is 6.42 Å². The van der Waals surface area contributed by atoms with Crippen molar-refractivity contribution in [1.29, 1.82) is 0 Å². The van der Waals surface area contributed by atoms with Crippen molar-refractivity contribution < 1.29 is 38.1 Å². The van der Waals surface area contributed by atoms with Crippen molar-refractivity contribution in [2.75, 3.05) is 12.3 Å². The number of nitrogen functional groups attached to an aromatic ring is 1. The maximum Gasteiger partial charge on any atom is 0.351 e. The largest absolute Gasteiger partial charge is 0.457 e. The number of rotatable bonds is 16. The molecule has 0 aromatic carbocycles. The Morgan fingerprint density at radius 2 is 1.90 bits per heavy atom. The molecule has 0 radical (unpaired) electrons. The molecule has 1 aromatic heterocycles. The molecule has 14 nitrogen and oxygen atoms in total. The Hall–Kier alpha value is -3.59. The quantitative estimate of drug-likeness (QED) is 0.130. The Labute approximate surface area is 231 Å². The summed E-state index contributed by atoms with van der Waals surface area (Å²) in [5.41, 5.74) is 9.54.